The van der Waals surface area contributed by atoms with E-state index in [1.54, 1.807) is 11.3 Å². The number of thiophene rings is 1. The fraction of sp³-hybridized carbons (Fsp3) is 0.333. The van der Waals surface area contributed by atoms with Crippen molar-refractivity contribution in [1.29, 1.82) is 0 Å². The Morgan fingerprint density at radius 3 is 2.68 bits per heavy atom. The standard InChI is InChI=1S/C18H19ClN4OS/c1-13(17-20-21-18(24-17)16-6-3-11-25-16)22-7-9-23(10-8-22)15-5-2-4-14(19)12-15/h2-6,11-13H,7-10H2,1H3/t13-/m1/s1. The number of halogens is 1. The number of nitrogens with zero attached hydrogens (tertiary/aromatic N) is 4. The Bertz CT molecular complexity index is 827. The molecule has 0 amide bonds. The van der Waals surface area contributed by atoms with Crippen LogP contribution in [0.3, 0.4) is 0 Å². The highest BCUT2D eigenvalue weighted by Gasteiger charge is 2.26. The molecule has 5 nitrogen and oxygen atoms in total. The van der Waals surface area contributed by atoms with E-state index < -0.39 is 0 Å². The lowest BCUT2D eigenvalue weighted by molar-refractivity contribution is 0.174. The van der Waals surface area contributed by atoms with Crippen molar-refractivity contribution in [2.24, 2.45) is 0 Å². The van der Waals surface area contributed by atoms with Crippen molar-refractivity contribution in [3.8, 4) is 10.8 Å². The van der Waals surface area contributed by atoms with Crippen LogP contribution in [0.15, 0.2) is 46.2 Å². The zero-order chi connectivity index (χ0) is 17.2. The molecule has 0 spiro atoms. The third-order valence-corrected chi connectivity index (χ3v) is 5.66. The molecule has 2 aromatic heterocycles. The Balaban J connectivity index is 1.40. The van der Waals surface area contributed by atoms with Gasteiger partial charge in [-0.2, -0.15) is 0 Å². The van der Waals surface area contributed by atoms with Crippen LogP contribution in [-0.4, -0.2) is 41.3 Å². The van der Waals surface area contributed by atoms with Gasteiger partial charge in [0.2, 0.25) is 5.89 Å². The number of rotatable bonds is 4. The molecule has 1 saturated heterocycles. The third-order valence-electron chi connectivity index (χ3n) is 4.57. The zero-order valence-corrected chi connectivity index (χ0v) is 15.5. The Hall–Kier alpha value is -1.89. The number of piperazine rings is 1. The Labute approximate surface area is 155 Å². The van der Waals surface area contributed by atoms with E-state index >= 15 is 0 Å². The zero-order valence-electron chi connectivity index (χ0n) is 13.9. The van der Waals surface area contributed by atoms with E-state index in [4.69, 9.17) is 16.0 Å². The summed E-state index contributed by atoms with van der Waals surface area (Å²) in [5.41, 5.74) is 1.18. The van der Waals surface area contributed by atoms with Gasteiger partial charge in [0.1, 0.15) is 0 Å². The van der Waals surface area contributed by atoms with Crippen molar-refractivity contribution < 1.29 is 4.42 Å². The molecule has 7 heteroatoms. The molecule has 1 atom stereocenters. The summed E-state index contributed by atoms with van der Waals surface area (Å²) < 4.78 is 5.89. The van der Waals surface area contributed by atoms with Gasteiger partial charge in [0.15, 0.2) is 0 Å². The molecule has 25 heavy (non-hydrogen) atoms. The normalized spacial score (nSPS) is 17.0. The molecule has 0 unspecified atom stereocenters. The average molecular weight is 375 g/mol. The van der Waals surface area contributed by atoms with Gasteiger partial charge >= 0.3 is 0 Å². The highest BCUT2D eigenvalue weighted by molar-refractivity contribution is 7.13. The maximum Gasteiger partial charge on any atom is 0.257 e. The Kier molecular flexibility index (Phi) is 4.74. The largest absolute Gasteiger partial charge is 0.418 e. The Morgan fingerprint density at radius 1 is 1.12 bits per heavy atom. The first-order chi connectivity index (χ1) is 12.2. The minimum absolute atomic E-state index is 0.114. The van der Waals surface area contributed by atoms with Crippen LogP contribution in [-0.2, 0) is 0 Å². The molecule has 1 aromatic carbocycles. The van der Waals surface area contributed by atoms with Crippen LogP contribution in [0.2, 0.25) is 5.02 Å². The summed E-state index contributed by atoms with van der Waals surface area (Å²) in [6.45, 7) is 5.93. The maximum absolute atomic E-state index is 6.10. The van der Waals surface area contributed by atoms with Gasteiger partial charge in [-0.3, -0.25) is 4.90 Å². The highest BCUT2D eigenvalue weighted by Crippen LogP contribution is 2.28. The second-order valence-corrected chi connectivity index (χ2v) is 7.49. The number of hydrogen-bond donors (Lipinski definition) is 0. The first-order valence-electron chi connectivity index (χ1n) is 8.32. The van der Waals surface area contributed by atoms with Gasteiger partial charge in [-0.1, -0.05) is 23.7 Å². The van der Waals surface area contributed by atoms with E-state index in [9.17, 15) is 0 Å². The Morgan fingerprint density at radius 2 is 1.96 bits per heavy atom. The molecule has 0 radical (unpaired) electrons. The summed E-state index contributed by atoms with van der Waals surface area (Å²) in [6, 6.07) is 12.1. The molecule has 0 N–H and O–H groups in total. The van der Waals surface area contributed by atoms with Crippen LogP contribution < -0.4 is 4.90 Å². The number of aromatic nitrogens is 2. The van der Waals surface area contributed by atoms with E-state index in [0.29, 0.717) is 11.8 Å². The predicted molar refractivity (Wildman–Crippen MR) is 101 cm³/mol. The van der Waals surface area contributed by atoms with Gasteiger partial charge < -0.3 is 9.32 Å². The smallest absolute Gasteiger partial charge is 0.257 e. The van der Waals surface area contributed by atoms with Crippen LogP contribution in [0.25, 0.3) is 10.8 Å². The number of benzene rings is 1. The van der Waals surface area contributed by atoms with Crippen molar-refractivity contribution in [2.45, 2.75) is 13.0 Å². The van der Waals surface area contributed by atoms with E-state index in [-0.39, 0.29) is 6.04 Å². The number of anilines is 1. The molecule has 1 aliphatic rings. The topological polar surface area (TPSA) is 45.4 Å². The first-order valence-corrected chi connectivity index (χ1v) is 9.58. The van der Waals surface area contributed by atoms with Gasteiger partial charge in [0.25, 0.3) is 5.89 Å². The molecular formula is C18H19ClN4OS. The minimum atomic E-state index is 0.114. The van der Waals surface area contributed by atoms with Gasteiger partial charge in [-0.15, -0.1) is 21.5 Å². The summed E-state index contributed by atoms with van der Waals surface area (Å²) in [5.74, 6) is 1.29. The second kappa shape index (κ2) is 7.15. The summed E-state index contributed by atoms with van der Waals surface area (Å²) >= 11 is 7.71. The lowest BCUT2D eigenvalue weighted by atomic mass is 10.2. The molecule has 1 aliphatic heterocycles. The molecule has 0 bridgehead atoms. The summed E-state index contributed by atoms with van der Waals surface area (Å²) in [5, 5.41) is 11.2. The van der Waals surface area contributed by atoms with E-state index in [1.165, 1.54) is 5.69 Å². The molecule has 3 aromatic rings. The fourth-order valence-corrected chi connectivity index (χ4v) is 3.93. The molecular weight excluding hydrogens is 356 g/mol. The highest BCUT2D eigenvalue weighted by atomic mass is 35.5. The van der Waals surface area contributed by atoms with E-state index in [1.807, 2.05) is 35.7 Å². The van der Waals surface area contributed by atoms with Gasteiger partial charge in [0.05, 0.1) is 10.9 Å². The van der Waals surface area contributed by atoms with Gasteiger partial charge in [-0.05, 0) is 36.6 Å². The summed E-state index contributed by atoms with van der Waals surface area (Å²) in [6.07, 6.45) is 0. The minimum Gasteiger partial charge on any atom is -0.418 e. The van der Waals surface area contributed by atoms with E-state index in [2.05, 4.69) is 33.0 Å². The van der Waals surface area contributed by atoms with Crippen molar-refractivity contribution in [1.82, 2.24) is 15.1 Å². The van der Waals surface area contributed by atoms with Crippen molar-refractivity contribution in [3.63, 3.8) is 0 Å². The number of hydrogen-bond acceptors (Lipinski definition) is 6. The monoisotopic (exact) mass is 374 g/mol. The van der Waals surface area contributed by atoms with Gasteiger partial charge in [0, 0.05) is 36.9 Å². The van der Waals surface area contributed by atoms with Crippen molar-refractivity contribution >= 4 is 28.6 Å². The molecule has 130 valence electrons. The van der Waals surface area contributed by atoms with Crippen LogP contribution in [0.1, 0.15) is 18.9 Å². The van der Waals surface area contributed by atoms with Crippen molar-refractivity contribution in [2.75, 3.05) is 31.1 Å². The van der Waals surface area contributed by atoms with Crippen LogP contribution in [0, 0.1) is 0 Å². The summed E-state index contributed by atoms with van der Waals surface area (Å²) in [4.78, 5) is 5.75. The second-order valence-electron chi connectivity index (χ2n) is 6.10. The molecule has 0 aliphatic carbocycles. The van der Waals surface area contributed by atoms with E-state index in [0.717, 1.165) is 36.1 Å². The quantitative estimate of drug-likeness (QED) is 0.680. The molecule has 3 heterocycles. The van der Waals surface area contributed by atoms with Gasteiger partial charge in [-0.25, -0.2) is 0 Å². The molecule has 4 rings (SSSR count). The maximum atomic E-state index is 6.10. The van der Waals surface area contributed by atoms with Crippen LogP contribution in [0.4, 0.5) is 5.69 Å². The fourth-order valence-electron chi connectivity index (χ4n) is 3.10. The lowest BCUT2D eigenvalue weighted by Crippen LogP contribution is -2.47. The lowest BCUT2D eigenvalue weighted by Gasteiger charge is -2.38. The molecule has 1 fully saturated rings. The predicted octanol–water partition coefficient (Wildman–Crippen LogP) is 4.33. The van der Waals surface area contributed by atoms with Crippen molar-refractivity contribution in [3.05, 3.63) is 52.7 Å². The SMILES string of the molecule is C[C@H](c1nnc(-c2cccs2)o1)N1CCN(c2cccc(Cl)c2)CC1. The average Bonchev–Trinajstić information content (AvgIpc) is 3.32. The molecule has 0 saturated carbocycles. The van der Waals surface area contributed by atoms with Crippen LogP contribution >= 0.6 is 22.9 Å². The van der Waals surface area contributed by atoms with Crippen LogP contribution in [0.5, 0.6) is 0 Å². The summed E-state index contributed by atoms with van der Waals surface area (Å²) in [7, 11) is 0. The third kappa shape index (κ3) is 3.56. The first kappa shape index (κ1) is 16.6.